The van der Waals surface area contributed by atoms with Gasteiger partial charge in [-0.1, -0.05) is 85.8 Å². The lowest BCUT2D eigenvalue weighted by atomic mass is 9.92. The Morgan fingerprint density at radius 3 is 2.00 bits per heavy atom. The first-order valence-corrected chi connectivity index (χ1v) is 26.1. The van der Waals surface area contributed by atoms with Gasteiger partial charge in [0.2, 0.25) is 5.69 Å². The van der Waals surface area contributed by atoms with Crippen LogP contribution >= 0.6 is 0 Å². The zero-order valence-electron chi connectivity index (χ0n) is 43.6. The van der Waals surface area contributed by atoms with Crippen LogP contribution in [0.3, 0.4) is 0 Å². The maximum Gasteiger partial charge on any atom is 0.338 e. The minimum atomic E-state index is -0.573. The molecule has 396 valence electrons. The van der Waals surface area contributed by atoms with Gasteiger partial charge >= 0.3 is 11.9 Å². The number of amides is 2. The second-order valence-electron chi connectivity index (χ2n) is 19.2. The normalized spacial score (nSPS) is 13.4. The van der Waals surface area contributed by atoms with Crippen molar-refractivity contribution in [3.63, 3.8) is 0 Å². The second kappa shape index (κ2) is 25.5. The van der Waals surface area contributed by atoms with Crippen molar-refractivity contribution in [2.45, 2.75) is 97.3 Å². The number of carbonyl (C=O) groups excluding carboxylic acids is 4. The molecule has 18 nitrogen and oxygen atoms in total. The number of aryl methyl sites for hydroxylation is 3. The predicted molar refractivity (Wildman–Crippen MR) is 283 cm³/mol. The molecule has 2 amide bonds. The van der Waals surface area contributed by atoms with E-state index in [4.69, 9.17) is 23.7 Å². The van der Waals surface area contributed by atoms with E-state index in [2.05, 4.69) is 37.9 Å². The number of hydrogen-bond donors (Lipinski definition) is 1. The summed E-state index contributed by atoms with van der Waals surface area (Å²) in [4.78, 5) is 55.4. The van der Waals surface area contributed by atoms with Crippen LogP contribution < -0.4 is 24.4 Å². The Bertz CT molecular complexity index is 3070. The molecule has 0 saturated carbocycles. The summed E-state index contributed by atoms with van der Waals surface area (Å²) in [6.45, 7) is 6.58. The van der Waals surface area contributed by atoms with Gasteiger partial charge in [0.25, 0.3) is 11.8 Å². The molecule has 1 N–H and O–H groups in total. The Morgan fingerprint density at radius 1 is 0.697 bits per heavy atom. The number of morpholine rings is 1. The first-order chi connectivity index (χ1) is 37.1. The third-order valence-corrected chi connectivity index (χ3v) is 13.9. The monoisotopic (exact) mass is 1030 g/mol. The van der Waals surface area contributed by atoms with Gasteiger partial charge in [0.1, 0.15) is 37.4 Å². The molecule has 0 radical (unpaired) electrons. The third-order valence-electron chi connectivity index (χ3n) is 13.9. The third kappa shape index (κ3) is 13.3. The van der Waals surface area contributed by atoms with Crippen molar-refractivity contribution in [1.82, 2.24) is 35.1 Å². The van der Waals surface area contributed by atoms with Gasteiger partial charge in [-0.2, -0.15) is 0 Å². The number of carbonyl (C=O) groups is 4. The van der Waals surface area contributed by atoms with E-state index in [1.54, 1.807) is 4.68 Å². The summed E-state index contributed by atoms with van der Waals surface area (Å²) in [5.41, 5.74) is 7.31. The Morgan fingerprint density at radius 2 is 1.32 bits per heavy atom. The topological polar surface area (TPSA) is 185 Å². The number of benzene rings is 5. The Kier molecular flexibility index (Phi) is 17.8. The number of nitrogens with zero attached hydrogens (tertiary/aromatic N) is 8. The highest BCUT2D eigenvalue weighted by Gasteiger charge is 2.34. The van der Waals surface area contributed by atoms with Gasteiger partial charge in [-0.05, 0) is 84.5 Å². The van der Waals surface area contributed by atoms with Crippen molar-refractivity contribution in [2.24, 2.45) is 7.05 Å². The van der Waals surface area contributed by atoms with E-state index in [0.717, 1.165) is 102 Å². The second-order valence-corrected chi connectivity index (χ2v) is 19.2. The molecule has 0 atom stereocenters. The van der Waals surface area contributed by atoms with Crippen molar-refractivity contribution in [3.05, 3.63) is 160 Å². The standard InChI is InChI=1S/C58H66N9O9/c1-63-47(40-76-49-32-44(57(70)72-2)31-45(33-49)58(71)73-3)38-66(62-63)26-11-9-7-5-4-6-8-10-25-65-37-46(60-61-65)39-75-48-21-19-42(20-22-48)35-59-34-41-15-17-43(18-16-41)36-67-55(68)51-14-12-13-50-53(64-27-29-74-30-28-64)24-23-52(54(50)51)56(67)69/h12-24,31-33,37-38,59H,4-11,25-30,34-36,39-40H2,1-3H3/q+1. The smallest absolute Gasteiger partial charge is 0.338 e. The molecule has 7 aromatic rings. The lowest BCUT2D eigenvalue weighted by Crippen LogP contribution is -2.40. The van der Waals surface area contributed by atoms with E-state index in [9.17, 15) is 19.2 Å². The fraction of sp³-hybridized carbons (Fsp3) is 0.379. The molecule has 9 rings (SSSR count). The SMILES string of the molecule is COC(=O)c1cc(OCc2c[n+](CCCCCCCCCCn3cc(COc4ccc(CNCc5ccc(CN6C(=O)c7cccc8c(N9CCOCC9)ccc(c78)C6=O)cc5)cc4)nn3)nn2C)cc(C(=O)OC)c1. The Balaban J connectivity index is 0.616. The van der Waals surface area contributed by atoms with Gasteiger partial charge in [0.15, 0.2) is 12.8 Å². The van der Waals surface area contributed by atoms with Crippen LogP contribution in [0.15, 0.2) is 109 Å². The molecule has 18 heteroatoms. The van der Waals surface area contributed by atoms with Crippen LogP contribution in [-0.2, 0) is 67.2 Å². The number of imide groups is 1. The van der Waals surface area contributed by atoms with E-state index in [1.165, 1.54) is 63.0 Å². The van der Waals surface area contributed by atoms with Gasteiger partial charge in [-0.15, -0.1) is 14.5 Å². The Hall–Kier alpha value is -7.96. The summed E-state index contributed by atoms with van der Waals surface area (Å²) in [5, 5.41) is 18.4. The van der Waals surface area contributed by atoms with Crippen LogP contribution in [0.25, 0.3) is 10.8 Å². The van der Waals surface area contributed by atoms with E-state index in [1.807, 2.05) is 95.5 Å². The van der Waals surface area contributed by atoms with E-state index >= 15 is 0 Å². The van der Waals surface area contributed by atoms with Crippen molar-refractivity contribution in [2.75, 3.05) is 45.4 Å². The maximum absolute atomic E-state index is 13.8. The number of hydrogen-bond acceptors (Lipinski definition) is 14. The van der Waals surface area contributed by atoms with Gasteiger partial charge < -0.3 is 33.9 Å². The number of unbranched alkanes of at least 4 members (excludes halogenated alkanes) is 7. The maximum atomic E-state index is 13.8. The summed E-state index contributed by atoms with van der Waals surface area (Å²) >= 11 is 0. The van der Waals surface area contributed by atoms with Crippen molar-refractivity contribution in [3.8, 4) is 11.5 Å². The van der Waals surface area contributed by atoms with Crippen LogP contribution in [0.1, 0.15) is 121 Å². The first-order valence-electron chi connectivity index (χ1n) is 26.1. The highest BCUT2D eigenvalue weighted by atomic mass is 16.5. The molecule has 0 aliphatic carbocycles. The lowest BCUT2D eigenvalue weighted by Gasteiger charge is -2.32. The summed E-state index contributed by atoms with van der Waals surface area (Å²) in [5.74, 6) is -0.561. The summed E-state index contributed by atoms with van der Waals surface area (Å²) in [7, 11) is 4.42. The molecule has 76 heavy (non-hydrogen) atoms. The quantitative estimate of drug-likeness (QED) is 0.0239. The van der Waals surface area contributed by atoms with Gasteiger partial charge in [-0.25, -0.2) is 9.59 Å². The van der Waals surface area contributed by atoms with E-state index < -0.39 is 11.9 Å². The van der Waals surface area contributed by atoms with Crippen LogP contribution in [0.2, 0.25) is 0 Å². The van der Waals surface area contributed by atoms with Crippen LogP contribution in [0.4, 0.5) is 5.69 Å². The first kappa shape index (κ1) is 52.9. The molecule has 1 saturated heterocycles. The highest BCUT2D eigenvalue weighted by Crippen LogP contribution is 2.37. The molecule has 2 aliphatic heterocycles. The average Bonchev–Trinajstić information content (AvgIpc) is 4.11. The van der Waals surface area contributed by atoms with Crippen molar-refractivity contribution < 1.29 is 47.5 Å². The molecule has 4 heterocycles. The van der Waals surface area contributed by atoms with Crippen LogP contribution in [-0.4, -0.2) is 94.1 Å². The number of anilines is 1. The van der Waals surface area contributed by atoms with Gasteiger partial charge in [0.05, 0.1) is 56.5 Å². The molecular weight excluding hydrogens is 967 g/mol. The van der Waals surface area contributed by atoms with E-state index in [-0.39, 0.29) is 36.1 Å². The number of esters is 2. The molecule has 2 aromatic heterocycles. The number of aromatic nitrogens is 6. The van der Waals surface area contributed by atoms with Crippen molar-refractivity contribution in [1.29, 1.82) is 0 Å². The Labute approximate surface area is 442 Å². The minimum Gasteiger partial charge on any atom is -0.487 e. The molecule has 1 fully saturated rings. The van der Waals surface area contributed by atoms with Gasteiger partial charge in [0, 0.05) is 60.3 Å². The molecule has 0 bridgehead atoms. The number of nitrogens with one attached hydrogen (secondary N) is 1. The number of rotatable bonds is 26. The minimum absolute atomic E-state index is 0.199. The fourth-order valence-electron chi connectivity index (χ4n) is 9.70. The van der Waals surface area contributed by atoms with Gasteiger partial charge in [-0.3, -0.25) is 19.2 Å². The van der Waals surface area contributed by atoms with Crippen LogP contribution in [0.5, 0.6) is 11.5 Å². The molecule has 2 aliphatic rings. The zero-order chi connectivity index (χ0) is 52.8. The largest absolute Gasteiger partial charge is 0.487 e. The predicted octanol–water partition coefficient (Wildman–Crippen LogP) is 7.93. The zero-order valence-corrected chi connectivity index (χ0v) is 43.6. The van der Waals surface area contributed by atoms with Crippen molar-refractivity contribution >= 4 is 40.2 Å². The molecule has 0 spiro atoms. The molecule has 5 aromatic carbocycles. The summed E-state index contributed by atoms with van der Waals surface area (Å²) < 4.78 is 32.7. The highest BCUT2D eigenvalue weighted by molar-refractivity contribution is 6.26. The fourth-order valence-corrected chi connectivity index (χ4v) is 9.70. The van der Waals surface area contributed by atoms with E-state index in [0.29, 0.717) is 49.8 Å². The summed E-state index contributed by atoms with van der Waals surface area (Å²) in [6, 6.07) is 30.2. The number of ether oxygens (including phenoxy) is 5. The van der Waals surface area contributed by atoms with Crippen LogP contribution in [0, 0.1) is 0 Å². The summed E-state index contributed by atoms with van der Waals surface area (Å²) in [6.07, 6.45) is 13.0. The average molecular weight is 1030 g/mol. The molecular formula is C58H66N9O9+. The molecule has 0 unspecified atom stereocenters. The number of methoxy groups -OCH3 is 2. The lowest BCUT2D eigenvalue weighted by molar-refractivity contribution is -0.755.